The monoisotopic (exact) mass is 892 g/mol. The molecule has 0 saturated heterocycles. The maximum atomic E-state index is 6.31. The molecule has 70 heavy (non-hydrogen) atoms. The van der Waals surface area contributed by atoms with Crippen LogP contribution in [0, 0.1) is 0 Å². The second-order valence-corrected chi connectivity index (χ2v) is 18.4. The van der Waals surface area contributed by atoms with Crippen LogP contribution in [0.5, 0.6) is 0 Å². The fourth-order valence-electron chi connectivity index (χ4n) is 11.6. The maximum absolute atomic E-state index is 6.31. The number of para-hydroxylation sites is 3. The van der Waals surface area contributed by atoms with Crippen LogP contribution in [0.2, 0.25) is 0 Å². The summed E-state index contributed by atoms with van der Waals surface area (Å²) in [6, 6.07) is 97.2. The number of aromatic nitrogens is 1. The van der Waals surface area contributed by atoms with Crippen LogP contribution in [0.4, 0.5) is 17.1 Å². The van der Waals surface area contributed by atoms with Crippen molar-refractivity contribution in [1.29, 1.82) is 0 Å². The Morgan fingerprint density at radius 1 is 0.329 bits per heavy atom. The third-order valence-electron chi connectivity index (χ3n) is 14.7. The number of rotatable bonds is 8. The molecule has 2 heterocycles. The van der Waals surface area contributed by atoms with E-state index >= 15 is 0 Å². The van der Waals surface area contributed by atoms with Crippen LogP contribution in [0.25, 0.3) is 82.8 Å². The highest BCUT2D eigenvalue weighted by molar-refractivity contribution is 6.12. The van der Waals surface area contributed by atoms with E-state index in [1.165, 1.54) is 60.8 Å². The van der Waals surface area contributed by atoms with Crippen molar-refractivity contribution in [3.8, 4) is 39.1 Å². The van der Waals surface area contributed by atoms with Gasteiger partial charge in [-0.3, -0.25) is 0 Å². The molecule has 0 amide bonds. The molecule has 0 spiro atoms. The Kier molecular flexibility index (Phi) is 9.11. The Morgan fingerprint density at radius 2 is 0.814 bits per heavy atom. The van der Waals surface area contributed by atoms with Gasteiger partial charge in [-0.1, -0.05) is 194 Å². The molecule has 0 aliphatic heterocycles. The first-order valence-corrected chi connectivity index (χ1v) is 24.1. The SMILES string of the molecule is c1ccc(C2(c3ccccc3)c3ccccc3-c3cc(N(c4ccc(-c5ccc(-n6c7ccccc7c7ccccc76)cc5)cc4)c4ccc(-c5cccc6oc7ccccc7c56)cc4)ccc32)cc1. The number of hydrogen-bond acceptors (Lipinski definition) is 2. The van der Waals surface area contributed by atoms with E-state index in [-0.39, 0.29) is 0 Å². The van der Waals surface area contributed by atoms with E-state index in [2.05, 4.69) is 264 Å². The number of fused-ring (bicyclic) bond motifs is 9. The van der Waals surface area contributed by atoms with E-state index in [0.717, 1.165) is 61.4 Å². The zero-order valence-corrected chi connectivity index (χ0v) is 38.2. The van der Waals surface area contributed by atoms with E-state index in [9.17, 15) is 0 Å². The first-order chi connectivity index (χ1) is 34.7. The first kappa shape index (κ1) is 39.9. The van der Waals surface area contributed by atoms with E-state index in [1.807, 2.05) is 12.1 Å². The predicted molar refractivity (Wildman–Crippen MR) is 291 cm³/mol. The van der Waals surface area contributed by atoms with Gasteiger partial charge < -0.3 is 13.9 Å². The van der Waals surface area contributed by atoms with Gasteiger partial charge in [0.1, 0.15) is 11.2 Å². The van der Waals surface area contributed by atoms with Gasteiger partial charge >= 0.3 is 0 Å². The zero-order chi connectivity index (χ0) is 46.2. The molecule has 328 valence electrons. The van der Waals surface area contributed by atoms with Crippen LogP contribution >= 0.6 is 0 Å². The van der Waals surface area contributed by atoms with Gasteiger partial charge in [0.25, 0.3) is 0 Å². The number of nitrogens with zero attached hydrogens (tertiary/aromatic N) is 2. The lowest BCUT2D eigenvalue weighted by Crippen LogP contribution is -2.28. The average molecular weight is 893 g/mol. The Morgan fingerprint density at radius 3 is 1.47 bits per heavy atom. The van der Waals surface area contributed by atoms with E-state index < -0.39 is 5.41 Å². The van der Waals surface area contributed by atoms with Gasteiger partial charge in [0.15, 0.2) is 0 Å². The van der Waals surface area contributed by atoms with E-state index in [0.29, 0.717) is 0 Å². The molecule has 1 aliphatic carbocycles. The van der Waals surface area contributed by atoms with Crippen LogP contribution in [-0.4, -0.2) is 4.57 Å². The molecule has 11 aromatic carbocycles. The van der Waals surface area contributed by atoms with Crippen molar-refractivity contribution in [3.05, 3.63) is 289 Å². The van der Waals surface area contributed by atoms with Crippen molar-refractivity contribution in [2.45, 2.75) is 5.41 Å². The van der Waals surface area contributed by atoms with Crippen molar-refractivity contribution < 1.29 is 4.42 Å². The Bertz CT molecular complexity index is 4000. The fourth-order valence-corrected chi connectivity index (χ4v) is 11.6. The van der Waals surface area contributed by atoms with Crippen LogP contribution in [0.3, 0.4) is 0 Å². The molecular formula is C67H44N2O. The van der Waals surface area contributed by atoms with Crippen LogP contribution in [-0.2, 0) is 5.41 Å². The highest BCUT2D eigenvalue weighted by atomic mass is 16.3. The molecule has 3 heteroatoms. The summed E-state index contributed by atoms with van der Waals surface area (Å²) in [5.41, 5.74) is 20.3. The lowest BCUT2D eigenvalue weighted by molar-refractivity contribution is 0.669. The predicted octanol–water partition coefficient (Wildman–Crippen LogP) is 17.8. The molecule has 3 nitrogen and oxygen atoms in total. The topological polar surface area (TPSA) is 21.3 Å². The molecule has 1 aliphatic rings. The molecule has 13 aromatic rings. The van der Waals surface area contributed by atoms with Gasteiger partial charge in [0, 0.05) is 44.3 Å². The lowest BCUT2D eigenvalue weighted by atomic mass is 9.68. The molecule has 0 saturated carbocycles. The second kappa shape index (κ2) is 16.0. The fraction of sp³-hybridized carbons (Fsp3) is 0.0149. The summed E-state index contributed by atoms with van der Waals surface area (Å²) in [4.78, 5) is 2.40. The van der Waals surface area contributed by atoms with Gasteiger partial charge in [-0.15, -0.1) is 0 Å². The zero-order valence-electron chi connectivity index (χ0n) is 38.2. The maximum Gasteiger partial charge on any atom is 0.136 e. The van der Waals surface area contributed by atoms with Gasteiger partial charge in [-0.2, -0.15) is 0 Å². The standard InChI is InChI=1S/C67H44N2O/c1-3-16-48(17-4-1)67(49-18-5-2-6-19-49)60-25-11-7-20-55(60)59-44-53(42-43-61(59)67)68(51-40-34-47(35-41-51)54-24-15-29-65-66(54)58-23-10-14-28-64(58)70-65)50-36-30-45(31-37-50)46-32-38-52(39-33-46)69-62-26-12-8-21-56(62)57-22-9-13-27-63(57)69/h1-44H. The van der Waals surface area contributed by atoms with Gasteiger partial charge in [0.05, 0.1) is 16.4 Å². The largest absolute Gasteiger partial charge is 0.456 e. The Balaban J connectivity index is 0.895. The molecule has 14 rings (SSSR count). The molecular weight excluding hydrogens is 849 g/mol. The van der Waals surface area contributed by atoms with E-state index in [4.69, 9.17) is 4.42 Å². The third-order valence-corrected chi connectivity index (χ3v) is 14.7. The molecule has 0 atom stereocenters. The number of furan rings is 1. The lowest BCUT2D eigenvalue weighted by Gasteiger charge is -2.34. The quantitative estimate of drug-likeness (QED) is 0.152. The van der Waals surface area contributed by atoms with Crippen LogP contribution < -0.4 is 4.90 Å². The van der Waals surface area contributed by atoms with Crippen molar-refractivity contribution >= 4 is 60.8 Å². The third kappa shape index (κ3) is 6.08. The summed E-state index contributed by atoms with van der Waals surface area (Å²) in [7, 11) is 0. The molecule has 0 radical (unpaired) electrons. The molecule has 0 bridgehead atoms. The summed E-state index contributed by atoms with van der Waals surface area (Å²) in [5, 5.41) is 4.79. The highest BCUT2D eigenvalue weighted by Gasteiger charge is 2.46. The highest BCUT2D eigenvalue weighted by Crippen LogP contribution is 2.57. The summed E-state index contributed by atoms with van der Waals surface area (Å²) >= 11 is 0. The Labute approximate surface area is 406 Å². The van der Waals surface area contributed by atoms with Gasteiger partial charge in [-0.25, -0.2) is 0 Å². The van der Waals surface area contributed by atoms with Gasteiger partial charge in [0.2, 0.25) is 0 Å². The minimum absolute atomic E-state index is 0.476. The molecule has 0 fully saturated rings. The molecule has 0 N–H and O–H groups in total. The second-order valence-electron chi connectivity index (χ2n) is 18.4. The van der Waals surface area contributed by atoms with Crippen LogP contribution in [0.1, 0.15) is 22.3 Å². The van der Waals surface area contributed by atoms with Crippen molar-refractivity contribution in [1.82, 2.24) is 4.57 Å². The molecule has 0 unspecified atom stereocenters. The summed E-state index contributed by atoms with van der Waals surface area (Å²) < 4.78 is 8.68. The minimum atomic E-state index is -0.476. The van der Waals surface area contributed by atoms with Crippen molar-refractivity contribution in [3.63, 3.8) is 0 Å². The number of hydrogen-bond donors (Lipinski definition) is 0. The summed E-state index contributed by atoms with van der Waals surface area (Å²) in [5.74, 6) is 0. The number of anilines is 3. The first-order valence-electron chi connectivity index (χ1n) is 24.1. The van der Waals surface area contributed by atoms with Crippen LogP contribution in [0.15, 0.2) is 271 Å². The summed E-state index contributed by atoms with van der Waals surface area (Å²) in [6.45, 7) is 0. The average Bonchev–Trinajstić information content (AvgIpc) is 4.09. The Hall–Kier alpha value is -9.18. The van der Waals surface area contributed by atoms with E-state index in [1.54, 1.807) is 0 Å². The summed E-state index contributed by atoms with van der Waals surface area (Å²) in [6.07, 6.45) is 0. The van der Waals surface area contributed by atoms with Gasteiger partial charge in [-0.05, 0) is 128 Å². The van der Waals surface area contributed by atoms with Crippen molar-refractivity contribution in [2.24, 2.45) is 0 Å². The molecule has 2 aromatic heterocycles. The normalized spacial score (nSPS) is 12.7. The minimum Gasteiger partial charge on any atom is -0.456 e. The smallest absolute Gasteiger partial charge is 0.136 e. The van der Waals surface area contributed by atoms with Crippen molar-refractivity contribution in [2.75, 3.05) is 4.90 Å². The number of benzene rings is 11.